The maximum atomic E-state index is 4.43. The monoisotopic (exact) mass is 255 g/mol. The van der Waals surface area contributed by atoms with Crippen molar-refractivity contribution >= 4 is 27.9 Å². The van der Waals surface area contributed by atoms with E-state index in [4.69, 9.17) is 0 Å². The number of nitrogens with one attached hydrogen (secondary N) is 1. The Balaban J connectivity index is 1.94. The number of benzene rings is 1. The van der Waals surface area contributed by atoms with Gasteiger partial charge < -0.3 is 5.32 Å². The molecule has 18 heavy (non-hydrogen) atoms. The van der Waals surface area contributed by atoms with Gasteiger partial charge in [0.15, 0.2) is 0 Å². The maximum Gasteiger partial charge on any atom is 0.0795 e. The Morgan fingerprint density at radius 2 is 2.17 bits per heavy atom. The molecule has 0 atom stereocenters. The first-order valence-electron chi connectivity index (χ1n) is 5.80. The molecule has 3 aromatic rings. The van der Waals surface area contributed by atoms with Gasteiger partial charge in [-0.15, -0.1) is 11.3 Å². The molecular weight excluding hydrogens is 242 g/mol. The fraction of sp³-hybridized carbons (Fsp3) is 0.143. The second-order valence-electron chi connectivity index (χ2n) is 4.16. The topological polar surface area (TPSA) is 37.8 Å². The zero-order chi connectivity index (χ0) is 12.4. The van der Waals surface area contributed by atoms with Crippen LogP contribution in [0.2, 0.25) is 0 Å². The molecule has 0 amide bonds. The summed E-state index contributed by atoms with van der Waals surface area (Å²) in [5.41, 5.74) is 6.28. The van der Waals surface area contributed by atoms with Crippen LogP contribution >= 0.6 is 11.3 Å². The Bertz CT molecular complexity index is 662. The van der Waals surface area contributed by atoms with Gasteiger partial charge in [0.05, 0.1) is 23.3 Å². The highest BCUT2D eigenvalue weighted by Crippen LogP contribution is 2.24. The summed E-state index contributed by atoms with van der Waals surface area (Å²) in [5.74, 6) is 0. The first kappa shape index (κ1) is 11.2. The average molecular weight is 255 g/mol. The normalized spacial score (nSPS) is 10.7. The number of hydrogen-bond donors (Lipinski definition) is 1. The third kappa shape index (κ3) is 2.07. The van der Waals surface area contributed by atoms with Crippen LogP contribution < -0.4 is 5.32 Å². The van der Waals surface area contributed by atoms with E-state index in [1.165, 1.54) is 5.56 Å². The van der Waals surface area contributed by atoms with Crippen LogP contribution in [0, 0.1) is 6.92 Å². The molecule has 90 valence electrons. The van der Waals surface area contributed by atoms with Crippen molar-refractivity contribution in [1.82, 2.24) is 9.97 Å². The zero-order valence-corrected chi connectivity index (χ0v) is 10.9. The highest BCUT2D eigenvalue weighted by Gasteiger charge is 2.04. The molecule has 0 unspecified atom stereocenters. The Morgan fingerprint density at radius 1 is 1.22 bits per heavy atom. The quantitative estimate of drug-likeness (QED) is 0.777. The van der Waals surface area contributed by atoms with Crippen LogP contribution in [0.3, 0.4) is 0 Å². The molecule has 0 spiro atoms. The molecule has 0 aliphatic heterocycles. The van der Waals surface area contributed by atoms with Gasteiger partial charge in [0.2, 0.25) is 0 Å². The van der Waals surface area contributed by atoms with Crippen molar-refractivity contribution in [2.45, 2.75) is 13.5 Å². The van der Waals surface area contributed by atoms with Gasteiger partial charge >= 0.3 is 0 Å². The fourth-order valence-electron chi connectivity index (χ4n) is 1.98. The molecule has 2 aromatic heterocycles. The van der Waals surface area contributed by atoms with Crippen LogP contribution in [-0.2, 0) is 6.54 Å². The standard InChI is InChI=1S/C14H13N3S/c1-10-4-5-13(12-3-2-6-15-14(10)12)16-7-11-8-18-9-17-11/h2-6,8-9,16H,7H2,1H3. The third-order valence-corrected chi connectivity index (χ3v) is 3.55. The van der Waals surface area contributed by atoms with Gasteiger partial charge in [-0.2, -0.15) is 0 Å². The lowest BCUT2D eigenvalue weighted by Crippen LogP contribution is -2.00. The van der Waals surface area contributed by atoms with Crippen molar-refractivity contribution in [3.8, 4) is 0 Å². The summed E-state index contributed by atoms with van der Waals surface area (Å²) < 4.78 is 0. The van der Waals surface area contributed by atoms with Crippen molar-refractivity contribution in [2.75, 3.05) is 5.32 Å². The summed E-state index contributed by atoms with van der Waals surface area (Å²) in [6.45, 7) is 2.83. The summed E-state index contributed by atoms with van der Waals surface area (Å²) in [6.07, 6.45) is 1.83. The number of aromatic nitrogens is 2. The lowest BCUT2D eigenvalue weighted by molar-refractivity contribution is 1.08. The van der Waals surface area contributed by atoms with Crippen LogP contribution in [-0.4, -0.2) is 9.97 Å². The highest BCUT2D eigenvalue weighted by atomic mass is 32.1. The first-order valence-corrected chi connectivity index (χ1v) is 6.74. The van der Waals surface area contributed by atoms with E-state index in [-0.39, 0.29) is 0 Å². The maximum absolute atomic E-state index is 4.43. The van der Waals surface area contributed by atoms with E-state index in [0.717, 1.165) is 28.8 Å². The summed E-state index contributed by atoms with van der Waals surface area (Å²) in [6, 6.07) is 8.26. The van der Waals surface area contributed by atoms with E-state index >= 15 is 0 Å². The van der Waals surface area contributed by atoms with Crippen molar-refractivity contribution in [2.24, 2.45) is 0 Å². The van der Waals surface area contributed by atoms with Gasteiger partial charge in [-0.3, -0.25) is 4.98 Å². The lowest BCUT2D eigenvalue weighted by Gasteiger charge is -2.09. The van der Waals surface area contributed by atoms with Gasteiger partial charge in [0.1, 0.15) is 0 Å². The molecule has 0 aliphatic rings. The second kappa shape index (κ2) is 4.74. The van der Waals surface area contributed by atoms with Crippen molar-refractivity contribution in [3.05, 3.63) is 52.6 Å². The highest BCUT2D eigenvalue weighted by molar-refractivity contribution is 7.07. The van der Waals surface area contributed by atoms with Crippen molar-refractivity contribution < 1.29 is 0 Å². The summed E-state index contributed by atoms with van der Waals surface area (Å²) in [7, 11) is 0. The molecule has 0 saturated carbocycles. The number of nitrogens with zero attached hydrogens (tertiary/aromatic N) is 2. The minimum absolute atomic E-state index is 0.747. The Labute approximate surface area is 110 Å². The molecule has 0 fully saturated rings. The Morgan fingerprint density at radius 3 is 3.00 bits per heavy atom. The van der Waals surface area contributed by atoms with Crippen LogP contribution in [0.5, 0.6) is 0 Å². The van der Waals surface area contributed by atoms with E-state index in [9.17, 15) is 0 Å². The zero-order valence-electron chi connectivity index (χ0n) is 10.1. The first-order chi connectivity index (χ1) is 8.84. The number of hydrogen-bond acceptors (Lipinski definition) is 4. The van der Waals surface area contributed by atoms with E-state index < -0.39 is 0 Å². The van der Waals surface area contributed by atoms with Gasteiger partial charge in [-0.05, 0) is 30.7 Å². The van der Waals surface area contributed by atoms with Crippen LogP contribution in [0.1, 0.15) is 11.3 Å². The largest absolute Gasteiger partial charge is 0.379 e. The van der Waals surface area contributed by atoms with Gasteiger partial charge in [0.25, 0.3) is 0 Å². The Kier molecular flexibility index (Phi) is 2.94. The molecule has 3 nitrogen and oxygen atoms in total. The number of aryl methyl sites for hydroxylation is 1. The molecule has 2 heterocycles. The SMILES string of the molecule is Cc1ccc(NCc2cscn2)c2cccnc12. The summed E-state index contributed by atoms with van der Waals surface area (Å²) in [5, 5.41) is 6.64. The summed E-state index contributed by atoms with van der Waals surface area (Å²) in [4.78, 5) is 8.70. The smallest absolute Gasteiger partial charge is 0.0795 e. The number of anilines is 1. The van der Waals surface area contributed by atoms with Crippen LogP contribution in [0.25, 0.3) is 10.9 Å². The molecule has 1 N–H and O–H groups in total. The number of thiazole rings is 1. The molecule has 0 saturated heterocycles. The van der Waals surface area contributed by atoms with E-state index in [1.807, 2.05) is 17.8 Å². The predicted octanol–water partition coefficient (Wildman–Crippen LogP) is 3.61. The Hall–Kier alpha value is -1.94. The average Bonchev–Trinajstić information content (AvgIpc) is 2.92. The lowest BCUT2D eigenvalue weighted by atomic mass is 10.1. The van der Waals surface area contributed by atoms with Gasteiger partial charge in [-0.25, -0.2) is 4.98 Å². The molecule has 1 aromatic carbocycles. The van der Waals surface area contributed by atoms with Crippen molar-refractivity contribution in [1.29, 1.82) is 0 Å². The van der Waals surface area contributed by atoms with Gasteiger partial charge in [-0.1, -0.05) is 6.07 Å². The van der Waals surface area contributed by atoms with E-state index in [1.54, 1.807) is 11.3 Å². The molecule has 0 radical (unpaired) electrons. The summed E-state index contributed by atoms with van der Waals surface area (Å²) >= 11 is 1.62. The van der Waals surface area contributed by atoms with E-state index in [2.05, 4.69) is 45.8 Å². The number of rotatable bonds is 3. The molecule has 4 heteroatoms. The third-order valence-electron chi connectivity index (χ3n) is 2.91. The predicted molar refractivity (Wildman–Crippen MR) is 75.9 cm³/mol. The van der Waals surface area contributed by atoms with Crippen molar-refractivity contribution in [3.63, 3.8) is 0 Å². The fourth-order valence-corrected chi connectivity index (χ4v) is 2.54. The number of fused-ring (bicyclic) bond motifs is 1. The minimum atomic E-state index is 0.747. The second-order valence-corrected chi connectivity index (χ2v) is 4.88. The van der Waals surface area contributed by atoms with Crippen LogP contribution in [0.15, 0.2) is 41.4 Å². The molecule has 0 bridgehead atoms. The minimum Gasteiger partial charge on any atom is -0.379 e. The molecular formula is C14H13N3S. The van der Waals surface area contributed by atoms with E-state index in [0.29, 0.717) is 0 Å². The molecule has 3 rings (SSSR count). The number of pyridine rings is 1. The van der Waals surface area contributed by atoms with Gasteiger partial charge in [0, 0.05) is 22.7 Å². The van der Waals surface area contributed by atoms with Crippen LogP contribution in [0.4, 0.5) is 5.69 Å². The molecule has 0 aliphatic carbocycles.